The van der Waals surface area contributed by atoms with Gasteiger partial charge in [0.15, 0.2) is 6.29 Å². The van der Waals surface area contributed by atoms with Gasteiger partial charge >= 0.3 is 0 Å². The maximum atomic E-state index is 9.31. The summed E-state index contributed by atoms with van der Waals surface area (Å²) in [7, 11) is 1.43. The van der Waals surface area contributed by atoms with Crippen molar-refractivity contribution in [3.05, 3.63) is 34.9 Å². The van der Waals surface area contributed by atoms with Crippen LogP contribution in [0.2, 0.25) is 0 Å². The van der Waals surface area contributed by atoms with Crippen LogP contribution in [0.15, 0.2) is 18.2 Å². The van der Waals surface area contributed by atoms with Gasteiger partial charge in [-0.2, -0.15) is 5.26 Å². The molecule has 1 atom stereocenters. The molecule has 0 fully saturated rings. The Morgan fingerprint density at radius 3 is 2.69 bits per heavy atom. The highest BCUT2D eigenvalue weighted by Gasteiger charge is 2.06. The quantitative estimate of drug-likeness (QED) is 0.696. The Labute approximate surface area is 77.2 Å². The molecule has 0 bridgehead atoms. The number of methoxy groups -OCH3 is 1. The molecule has 0 saturated heterocycles. The van der Waals surface area contributed by atoms with Gasteiger partial charge in [-0.15, -0.1) is 0 Å². The summed E-state index contributed by atoms with van der Waals surface area (Å²) in [6.07, 6.45) is -0.911. The average molecular weight is 177 g/mol. The summed E-state index contributed by atoms with van der Waals surface area (Å²) < 4.78 is 4.74. The first-order chi connectivity index (χ1) is 6.19. The molecule has 0 spiro atoms. The largest absolute Gasteiger partial charge is 0.364 e. The van der Waals surface area contributed by atoms with E-state index in [-0.39, 0.29) is 0 Å². The van der Waals surface area contributed by atoms with Gasteiger partial charge in [-0.05, 0) is 24.6 Å². The molecule has 3 nitrogen and oxygen atoms in total. The van der Waals surface area contributed by atoms with E-state index < -0.39 is 6.29 Å². The molecule has 0 heterocycles. The van der Waals surface area contributed by atoms with Crippen LogP contribution >= 0.6 is 0 Å². The summed E-state index contributed by atoms with van der Waals surface area (Å²) in [6, 6.07) is 7.15. The summed E-state index contributed by atoms with van der Waals surface area (Å²) >= 11 is 0. The lowest BCUT2D eigenvalue weighted by Gasteiger charge is -2.09. The fourth-order valence-corrected chi connectivity index (χ4v) is 1.10. The van der Waals surface area contributed by atoms with Crippen LogP contribution in [-0.4, -0.2) is 12.2 Å². The second-order valence-electron chi connectivity index (χ2n) is 2.77. The van der Waals surface area contributed by atoms with Gasteiger partial charge in [-0.3, -0.25) is 0 Å². The molecule has 1 rings (SSSR count). The molecule has 1 aromatic rings. The van der Waals surface area contributed by atoms with Crippen molar-refractivity contribution in [2.24, 2.45) is 0 Å². The summed E-state index contributed by atoms with van der Waals surface area (Å²) in [5.74, 6) is 0. The first-order valence-corrected chi connectivity index (χ1v) is 3.90. The van der Waals surface area contributed by atoms with Crippen LogP contribution in [0.4, 0.5) is 0 Å². The van der Waals surface area contributed by atoms with Crippen LogP contribution < -0.4 is 0 Å². The molecule has 0 aliphatic heterocycles. The van der Waals surface area contributed by atoms with Crippen molar-refractivity contribution in [3.63, 3.8) is 0 Å². The topological polar surface area (TPSA) is 53.2 Å². The summed E-state index contributed by atoms with van der Waals surface area (Å²) in [4.78, 5) is 0. The zero-order valence-electron chi connectivity index (χ0n) is 7.61. The number of ether oxygens (including phenoxy) is 1. The van der Waals surface area contributed by atoms with E-state index in [9.17, 15) is 5.11 Å². The van der Waals surface area contributed by atoms with Gasteiger partial charge in [-0.25, -0.2) is 0 Å². The minimum atomic E-state index is -0.911. The van der Waals surface area contributed by atoms with Crippen molar-refractivity contribution in [2.45, 2.75) is 13.2 Å². The Morgan fingerprint density at radius 2 is 2.23 bits per heavy atom. The summed E-state index contributed by atoms with van der Waals surface area (Å²) in [6.45, 7) is 1.82. The zero-order valence-corrected chi connectivity index (χ0v) is 7.61. The number of aliphatic hydroxyl groups is 1. The van der Waals surface area contributed by atoms with Crippen LogP contribution in [0.3, 0.4) is 0 Å². The number of benzene rings is 1. The maximum Gasteiger partial charge on any atom is 0.180 e. The van der Waals surface area contributed by atoms with E-state index in [0.717, 1.165) is 5.56 Å². The molecule has 1 unspecified atom stereocenters. The third-order valence-corrected chi connectivity index (χ3v) is 1.88. The SMILES string of the molecule is COC(O)c1ccc(C#N)c(C)c1. The minimum Gasteiger partial charge on any atom is -0.364 e. The maximum absolute atomic E-state index is 9.31. The van der Waals surface area contributed by atoms with Crippen molar-refractivity contribution >= 4 is 0 Å². The van der Waals surface area contributed by atoms with E-state index in [1.165, 1.54) is 7.11 Å². The van der Waals surface area contributed by atoms with Crippen LogP contribution in [0.5, 0.6) is 0 Å². The standard InChI is InChI=1S/C10H11NO2/c1-7-5-8(10(12)13-2)3-4-9(7)6-11/h3-5,10,12H,1-2H3. The number of hydrogen-bond acceptors (Lipinski definition) is 3. The lowest BCUT2D eigenvalue weighted by Crippen LogP contribution is -2.00. The molecule has 1 aromatic carbocycles. The number of nitriles is 1. The predicted molar refractivity (Wildman–Crippen MR) is 47.9 cm³/mol. The van der Waals surface area contributed by atoms with Crippen LogP contribution in [-0.2, 0) is 4.74 Å². The molecular formula is C10H11NO2. The Kier molecular flexibility index (Phi) is 3.02. The highest BCUT2D eigenvalue weighted by Crippen LogP contribution is 2.17. The summed E-state index contributed by atoms with van der Waals surface area (Å²) in [5.41, 5.74) is 2.13. The summed E-state index contributed by atoms with van der Waals surface area (Å²) in [5, 5.41) is 18.0. The van der Waals surface area contributed by atoms with Gasteiger partial charge in [0.2, 0.25) is 0 Å². The Hall–Kier alpha value is -1.37. The second kappa shape index (κ2) is 4.04. The fourth-order valence-electron chi connectivity index (χ4n) is 1.10. The van der Waals surface area contributed by atoms with Crippen LogP contribution in [0, 0.1) is 18.3 Å². The van der Waals surface area contributed by atoms with E-state index >= 15 is 0 Å². The van der Waals surface area contributed by atoms with Gasteiger partial charge < -0.3 is 9.84 Å². The molecule has 0 aliphatic rings. The number of aryl methyl sites for hydroxylation is 1. The monoisotopic (exact) mass is 177 g/mol. The number of aliphatic hydroxyl groups excluding tert-OH is 1. The Bertz CT molecular complexity index is 341. The highest BCUT2D eigenvalue weighted by atomic mass is 16.6. The molecule has 13 heavy (non-hydrogen) atoms. The van der Waals surface area contributed by atoms with Crippen molar-refractivity contribution in [3.8, 4) is 6.07 Å². The van der Waals surface area contributed by atoms with Crippen LogP contribution in [0.1, 0.15) is 23.0 Å². The molecule has 0 aromatic heterocycles. The Morgan fingerprint density at radius 1 is 1.54 bits per heavy atom. The number of rotatable bonds is 2. The predicted octanol–water partition coefficient (Wildman–Crippen LogP) is 1.50. The lowest BCUT2D eigenvalue weighted by molar-refractivity contribution is -0.0769. The van der Waals surface area contributed by atoms with E-state index in [2.05, 4.69) is 6.07 Å². The third kappa shape index (κ3) is 2.05. The second-order valence-corrected chi connectivity index (χ2v) is 2.77. The lowest BCUT2D eigenvalue weighted by atomic mass is 10.1. The van der Waals surface area contributed by atoms with E-state index in [1.807, 2.05) is 6.92 Å². The number of hydrogen-bond donors (Lipinski definition) is 1. The molecule has 3 heteroatoms. The molecule has 1 N–H and O–H groups in total. The first kappa shape index (κ1) is 9.72. The van der Waals surface area contributed by atoms with Crippen molar-refractivity contribution in [1.82, 2.24) is 0 Å². The van der Waals surface area contributed by atoms with E-state index in [1.54, 1.807) is 18.2 Å². The molecule has 68 valence electrons. The first-order valence-electron chi connectivity index (χ1n) is 3.90. The van der Waals surface area contributed by atoms with Gasteiger partial charge in [0.1, 0.15) is 0 Å². The smallest absolute Gasteiger partial charge is 0.180 e. The average Bonchev–Trinajstić information content (AvgIpc) is 2.16. The van der Waals surface area contributed by atoms with E-state index in [4.69, 9.17) is 10.00 Å². The highest BCUT2D eigenvalue weighted by molar-refractivity contribution is 5.39. The fraction of sp³-hybridized carbons (Fsp3) is 0.300. The normalized spacial score (nSPS) is 12.2. The minimum absolute atomic E-state index is 0.618. The third-order valence-electron chi connectivity index (χ3n) is 1.88. The molecule has 0 aliphatic carbocycles. The van der Waals surface area contributed by atoms with E-state index in [0.29, 0.717) is 11.1 Å². The van der Waals surface area contributed by atoms with Gasteiger partial charge in [-0.1, -0.05) is 6.07 Å². The van der Waals surface area contributed by atoms with Gasteiger partial charge in [0.25, 0.3) is 0 Å². The van der Waals surface area contributed by atoms with Gasteiger partial charge in [0, 0.05) is 12.7 Å². The molecular weight excluding hydrogens is 166 g/mol. The Balaban J connectivity index is 3.04. The van der Waals surface area contributed by atoms with Crippen molar-refractivity contribution in [2.75, 3.05) is 7.11 Å². The number of nitrogens with zero attached hydrogens (tertiary/aromatic N) is 1. The zero-order chi connectivity index (χ0) is 9.84. The molecule has 0 amide bonds. The van der Waals surface area contributed by atoms with Gasteiger partial charge in [0.05, 0.1) is 11.6 Å². The molecule has 0 saturated carbocycles. The molecule has 0 radical (unpaired) electrons. The van der Waals surface area contributed by atoms with Crippen molar-refractivity contribution in [1.29, 1.82) is 5.26 Å². The van der Waals surface area contributed by atoms with Crippen LogP contribution in [0.25, 0.3) is 0 Å². The van der Waals surface area contributed by atoms with Crippen molar-refractivity contribution < 1.29 is 9.84 Å².